The van der Waals surface area contributed by atoms with E-state index in [1.54, 1.807) is 14.2 Å². The van der Waals surface area contributed by atoms with Crippen LogP contribution in [0.4, 0.5) is 0 Å². The Balaban J connectivity index is 3.96. The van der Waals surface area contributed by atoms with Crippen LogP contribution in [0.2, 0.25) is 0 Å². The molecule has 0 spiro atoms. The van der Waals surface area contributed by atoms with E-state index >= 15 is 0 Å². The van der Waals surface area contributed by atoms with Gasteiger partial charge in [0.1, 0.15) is 0 Å². The number of methoxy groups -OCH3 is 1. The van der Waals surface area contributed by atoms with Crippen LogP contribution in [0.5, 0.6) is 0 Å². The van der Waals surface area contributed by atoms with Crippen LogP contribution in [0.1, 0.15) is 6.92 Å². The van der Waals surface area contributed by atoms with E-state index in [4.69, 9.17) is 13.8 Å². The van der Waals surface area contributed by atoms with Gasteiger partial charge in [-0.25, -0.2) is 9.65 Å². The van der Waals surface area contributed by atoms with Crippen molar-refractivity contribution < 1.29 is 18.3 Å². The van der Waals surface area contributed by atoms with Crippen molar-refractivity contribution in [3.8, 4) is 0 Å². The fraction of sp³-hybridized carbons (Fsp3) is 1.00. The average molecular weight is 254 g/mol. The minimum absolute atomic E-state index is 0.112. The van der Waals surface area contributed by atoms with Crippen molar-refractivity contribution in [2.24, 2.45) is 0 Å². The van der Waals surface area contributed by atoms with Gasteiger partial charge in [0.25, 0.3) is 0 Å². The van der Waals surface area contributed by atoms with E-state index < -0.39 is 7.75 Å². The number of likely N-dealkylation sites (N-methyl/N-ethyl adjacent to an activating group) is 1. The van der Waals surface area contributed by atoms with Crippen LogP contribution in [0.25, 0.3) is 0 Å². The zero-order valence-corrected chi connectivity index (χ0v) is 11.6. The smallest absolute Gasteiger partial charge is 0.379 e. The summed E-state index contributed by atoms with van der Waals surface area (Å²) in [4.78, 5) is 1.94. The van der Waals surface area contributed by atoms with Crippen molar-refractivity contribution in [1.82, 2.24) is 9.99 Å². The molecule has 0 aliphatic rings. The minimum Gasteiger partial charge on any atom is -0.379 e. The van der Waals surface area contributed by atoms with Gasteiger partial charge >= 0.3 is 7.75 Å². The Hall–Kier alpha value is 0.0300. The van der Waals surface area contributed by atoms with Crippen LogP contribution < -0.4 is 5.09 Å². The number of rotatable bonds is 9. The molecule has 0 fully saturated rings. The quantitative estimate of drug-likeness (QED) is 0.618. The lowest BCUT2D eigenvalue weighted by Gasteiger charge is -2.20. The molecule has 0 bridgehead atoms. The molecule has 0 aromatic heterocycles. The maximum absolute atomic E-state index is 12.0. The fourth-order valence-corrected chi connectivity index (χ4v) is 1.84. The van der Waals surface area contributed by atoms with Crippen LogP contribution in [-0.2, 0) is 18.3 Å². The van der Waals surface area contributed by atoms with Gasteiger partial charge < -0.3 is 9.64 Å². The molecule has 0 heterocycles. The lowest BCUT2D eigenvalue weighted by molar-refractivity contribution is 0.0606. The third-order valence-corrected chi connectivity index (χ3v) is 3.51. The van der Waals surface area contributed by atoms with Gasteiger partial charge in [-0.15, -0.1) is 0 Å². The Kier molecular flexibility index (Phi) is 8.18. The van der Waals surface area contributed by atoms with Gasteiger partial charge in [-0.3, -0.25) is 9.05 Å². The molecule has 0 rings (SSSR count). The predicted molar refractivity (Wildman–Crippen MR) is 63.6 cm³/mol. The van der Waals surface area contributed by atoms with Crippen molar-refractivity contribution in [2.75, 3.05) is 48.0 Å². The molecule has 1 N–H and O–H groups in total. The second kappa shape index (κ2) is 8.17. The van der Waals surface area contributed by atoms with E-state index in [2.05, 4.69) is 5.09 Å². The normalized spacial score (nSPS) is 17.4. The van der Waals surface area contributed by atoms with Gasteiger partial charge in [0.05, 0.1) is 19.3 Å². The average Bonchev–Trinajstić information content (AvgIpc) is 2.25. The summed E-state index contributed by atoms with van der Waals surface area (Å²) in [7, 11) is 3.78. The predicted octanol–water partition coefficient (Wildman–Crippen LogP) is 0.944. The summed E-state index contributed by atoms with van der Waals surface area (Å²) in [6.45, 7) is 3.11. The molecule has 0 aliphatic heterocycles. The number of hydrogen-bond acceptors (Lipinski definition) is 5. The molecular formula is C9H23N2O4P. The van der Waals surface area contributed by atoms with E-state index in [0.717, 1.165) is 0 Å². The monoisotopic (exact) mass is 254 g/mol. The molecule has 0 saturated heterocycles. The van der Waals surface area contributed by atoms with E-state index in [-0.39, 0.29) is 12.7 Å². The Morgan fingerprint density at radius 1 is 1.38 bits per heavy atom. The summed E-state index contributed by atoms with van der Waals surface area (Å²) in [6.07, 6.45) is -0.112. The Morgan fingerprint density at radius 3 is 2.44 bits per heavy atom. The zero-order chi connectivity index (χ0) is 12.6. The van der Waals surface area contributed by atoms with Gasteiger partial charge in [0.2, 0.25) is 0 Å². The summed E-state index contributed by atoms with van der Waals surface area (Å²) in [5.74, 6) is 0. The summed E-state index contributed by atoms with van der Waals surface area (Å²) >= 11 is 0. The van der Waals surface area contributed by atoms with Gasteiger partial charge in [-0.05, 0) is 28.1 Å². The lowest BCUT2D eigenvalue weighted by Crippen LogP contribution is -2.21. The fourth-order valence-electron chi connectivity index (χ4n) is 0.781. The van der Waals surface area contributed by atoms with Crippen LogP contribution in [-0.4, -0.2) is 59.0 Å². The van der Waals surface area contributed by atoms with Crippen LogP contribution in [0.3, 0.4) is 0 Å². The molecule has 0 aliphatic carbocycles. The van der Waals surface area contributed by atoms with E-state index in [1.165, 1.54) is 0 Å². The third-order valence-electron chi connectivity index (χ3n) is 1.96. The standard InChI is InChI=1S/C9H23N2O4P/c1-9(13-5)8-15-16(12,10-2)14-7-6-11(3)4/h9H,6-8H2,1-5H3,(H,10,12). The van der Waals surface area contributed by atoms with Gasteiger partial charge in [0.15, 0.2) is 0 Å². The largest absolute Gasteiger partial charge is 0.405 e. The van der Waals surface area contributed by atoms with Crippen LogP contribution in [0.15, 0.2) is 0 Å². The van der Waals surface area contributed by atoms with Crippen molar-refractivity contribution in [3.63, 3.8) is 0 Å². The number of hydrogen-bond donors (Lipinski definition) is 1. The maximum Gasteiger partial charge on any atom is 0.405 e. The van der Waals surface area contributed by atoms with Gasteiger partial charge in [-0.2, -0.15) is 0 Å². The highest BCUT2D eigenvalue weighted by Gasteiger charge is 2.23. The molecule has 2 atom stereocenters. The molecular weight excluding hydrogens is 231 g/mol. The van der Waals surface area contributed by atoms with Crippen molar-refractivity contribution in [1.29, 1.82) is 0 Å². The highest BCUT2D eigenvalue weighted by atomic mass is 31.2. The van der Waals surface area contributed by atoms with Crippen molar-refractivity contribution >= 4 is 7.75 Å². The van der Waals surface area contributed by atoms with Crippen LogP contribution >= 0.6 is 7.75 Å². The molecule has 0 aromatic carbocycles. The first kappa shape index (κ1) is 16.0. The molecule has 0 aromatic rings. The van der Waals surface area contributed by atoms with E-state index in [1.807, 2.05) is 25.9 Å². The zero-order valence-electron chi connectivity index (χ0n) is 10.7. The molecule has 2 unspecified atom stereocenters. The Bertz CT molecular complexity index is 226. The summed E-state index contributed by atoms with van der Waals surface area (Å²) < 4.78 is 27.4. The summed E-state index contributed by atoms with van der Waals surface area (Å²) in [6, 6.07) is 0. The van der Waals surface area contributed by atoms with Gasteiger partial charge in [-0.1, -0.05) is 0 Å². The first-order valence-electron chi connectivity index (χ1n) is 5.19. The van der Waals surface area contributed by atoms with Crippen molar-refractivity contribution in [2.45, 2.75) is 13.0 Å². The van der Waals surface area contributed by atoms with Crippen LogP contribution in [0, 0.1) is 0 Å². The first-order chi connectivity index (χ1) is 7.43. The molecule has 6 nitrogen and oxygen atoms in total. The van der Waals surface area contributed by atoms with Gasteiger partial charge in [0, 0.05) is 13.7 Å². The Morgan fingerprint density at radius 2 is 2.00 bits per heavy atom. The highest BCUT2D eigenvalue weighted by Crippen LogP contribution is 2.42. The molecule has 0 saturated carbocycles. The minimum atomic E-state index is -3.18. The SMILES string of the molecule is CNP(=O)(OCCN(C)C)OCC(C)OC. The number of ether oxygens (including phenoxy) is 1. The maximum atomic E-state index is 12.0. The highest BCUT2D eigenvalue weighted by molar-refractivity contribution is 7.51. The third kappa shape index (κ3) is 7.33. The van der Waals surface area contributed by atoms with E-state index in [9.17, 15) is 4.57 Å². The van der Waals surface area contributed by atoms with E-state index in [0.29, 0.717) is 13.2 Å². The number of nitrogens with one attached hydrogen (secondary N) is 1. The van der Waals surface area contributed by atoms with Crippen molar-refractivity contribution in [3.05, 3.63) is 0 Å². The topological polar surface area (TPSA) is 60.0 Å². The second-order valence-electron chi connectivity index (χ2n) is 3.70. The molecule has 0 amide bonds. The number of nitrogens with zero attached hydrogens (tertiary/aromatic N) is 1. The molecule has 16 heavy (non-hydrogen) atoms. The second-order valence-corrected chi connectivity index (χ2v) is 5.66. The summed E-state index contributed by atoms with van der Waals surface area (Å²) in [5, 5.41) is 2.57. The molecule has 7 heteroatoms. The molecule has 98 valence electrons. The first-order valence-corrected chi connectivity index (χ1v) is 6.73. The molecule has 0 radical (unpaired) electrons. The Labute approximate surface area is 97.8 Å². The lowest BCUT2D eigenvalue weighted by atomic mass is 10.4. The summed E-state index contributed by atoms with van der Waals surface area (Å²) in [5.41, 5.74) is 0.